The number of pyridine rings is 1. The number of nitrogens with zero attached hydrogens (tertiary/aromatic N) is 4. The number of carbonyl (C=O) groups excluding carboxylic acids is 2. The monoisotopic (exact) mass is 550 g/mol. The molecule has 9 heteroatoms. The van der Waals surface area contributed by atoms with E-state index in [2.05, 4.69) is 4.98 Å². The number of ketones is 1. The van der Waals surface area contributed by atoms with Crippen LogP contribution in [0.15, 0.2) is 72.9 Å². The van der Waals surface area contributed by atoms with Gasteiger partial charge in [-0.15, -0.1) is 0 Å². The first-order valence-corrected chi connectivity index (χ1v) is 12.1. The van der Waals surface area contributed by atoms with Gasteiger partial charge in [-0.25, -0.2) is 9.67 Å². The number of amides is 1. The third kappa shape index (κ3) is 5.26. The van der Waals surface area contributed by atoms with Crippen LogP contribution < -0.4 is 4.90 Å². The van der Waals surface area contributed by atoms with E-state index in [0.717, 1.165) is 22.5 Å². The zero-order valence-electron chi connectivity index (χ0n) is 21.5. The van der Waals surface area contributed by atoms with E-state index in [1.165, 1.54) is 12.3 Å². The van der Waals surface area contributed by atoms with Crippen LogP contribution in [0.1, 0.15) is 52.0 Å². The van der Waals surface area contributed by atoms with Gasteiger partial charge >= 0.3 is 0 Å². The third-order valence-electron chi connectivity index (χ3n) is 6.81. The molecule has 6 nitrogen and oxygen atoms in total. The number of hydrogen-bond acceptors (Lipinski definition) is 4. The average Bonchev–Trinajstić information content (AvgIpc) is 3.22. The molecule has 0 bridgehead atoms. The highest BCUT2D eigenvalue weighted by atomic mass is 32.1. The summed E-state index contributed by atoms with van der Waals surface area (Å²) in [6.07, 6.45) is 1.48. The maximum Gasteiger partial charge on any atom is 0.232 e. The summed E-state index contributed by atoms with van der Waals surface area (Å²) < 4.78 is 15.5. The van der Waals surface area contributed by atoms with Crippen LogP contribution in [-0.2, 0) is 4.79 Å². The molecule has 2 aromatic carbocycles. The van der Waals surface area contributed by atoms with E-state index in [-0.39, 0.29) is 45.1 Å². The number of benzene rings is 2. The Balaban J connectivity index is 0.00000200. The lowest BCUT2D eigenvalue weighted by molar-refractivity contribution is -0.123. The van der Waals surface area contributed by atoms with E-state index in [1.54, 1.807) is 21.7 Å². The molecule has 0 N–H and O–H groups in total. The minimum Gasteiger partial charge on any atom is -0.296 e. The summed E-state index contributed by atoms with van der Waals surface area (Å²) in [4.78, 5) is 33.0. The number of aryl methyl sites for hydroxylation is 2. The molecule has 0 fully saturated rings. The van der Waals surface area contributed by atoms with Crippen molar-refractivity contribution in [2.45, 2.75) is 33.1 Å². The van der Waals surface area contributed by atoms with Crippen molar-refractivity contribution in [3.63, 3.8) is 0 Å². The number of anilines is 1. The van der Waals surface area contributed by atoms with Gasteiger partial charge in [-0.3, -0.25) is 14.5 Å². The molecular weight excluding hydrogens is 519 g/mol. The molecule has 0 saturated carbocycles. The van der Waals surface area contributed by atoms with Crippen molar-refractivity contribution in [1.29, 1.82) is 0 Å². The van der Waals surface area contributed by atoms with Crippen molar-refractivity contribution < 1.29 is 14.0 Å². The second-order valence-corrected chi connectivity index (χ2v) is 9.15. The highest BCUT2D eigenvalue weighted by Gasteiger charge is 2.45. The van der Waals surface area contributed by atoms with Crippen molar-refractivity contribution in [3.8, 4) is 5.69 Å². The fourth-order valence-corrected chi connectivity index (χ4v) is 5.17. The lowest BCUT2D eigenvalue weighted by Crippen LogP contribution is -2.45. The number of Topliss-reactive ketones (excluding diaryl/α,β-unsaturated/α-hetero) is 1. The van der Waals surface area contributed by atoms with E-state index in [1.807, 2.05) is 69.3 Å². The van der Waals surface area contributed by atoms with Crippen molar-refractivity contribution in [1.82, 2.24) is 14.8 Å². The van der Waals surface area contributed by atoms with E-state index in [0.29, 0.717) is 23.5 Å². The first kappa shape index (κ1) is 29.1. The summed E-state index contributed by atoms with van der Waals surface area (Å²) in [7, 11) is 0. The van der Waals surface area contributed by atoms with Gasteiger partial charge in [0.2, 0.25) is 11.9 Å². The number of para-hydroxylation sites is 1. The molecule has 0 unspecified atom stereocenters. The van der Waals surface area contributed by atoms with Gasteiger partial charge < -0.3 is 0 Å². The van der Waals surface area contributed by atoms with Crippen molar-refractivity contribution >= 4 is 44.5 Å². The van der Waals surface area contributed by atoms with Crippen LogP contribution in [0.5, 0.6) is 0 Å². The lowest BCUT2D eigenvalue weighted by Gasteiger charge is -2.38. The first-order valence-electron chi connectivity index (χ1n) is 12.1. The number of rotatable bonds is 6. The molecule has 0 aliphatic carbocycles. The smallest absolute Gasteiger partial charge is 0.232 e. The minimum atomic E-state index is -0.676. The van der Waals surface area contributed by atoms with Gasteiger partial charge in [0.05, 0.1) is 17.3 Å². The lowest BCUT2D eigenvalue weighted by atomic mass is 9.75. The molecule has 0 radical (unpaired) electrons. The summed E-state index contributed by atoms with van der Waals surface area (Å²) in [5.74, 6) is -1.35. The van der Waals surface area contributed by atoms with Gasteiger partial charge in [0, 0.05) is 36.2 Å². The predicted octanol–water partition coefficient (Wildman–Crippen LogP) is 5.64. The molecular formula is C29H31FN4O2S2. The Morgan fingerprint density at radius 3 is 2.37 bits per heavy atom. The Morgan fingerprint density at radius 1 is 1.00 bits per heavy atom. The summed E-state index contributed by atoms with van der Waals surface area (Å²) >= 11 is 0. The first-order chi connectivity index (χ1) is 17.4. The van der Waals surface area contributed by atoms with Gasteiger partial charge in [0.1, 0.15) is 5.82 Å². The number of fused-ring (bicyclic) bond motifs is 1. The van der Waals surface area contributed by atoms with Crippen molar-refractivity contribution in [2.75, 3.05) is 11.4 Å². The molecule has 1 aliphatic rings. The highest BCUT2D eigenvalue weighted by Crippen LogP contribution is 2.47. The van der Waals surface area contributed by atoms with E-state index in [4.69, 9.17) is 5.10 Å². The summed E-state index contributed by atoms with van der Waals surface area (Å²) in [5.41, 5.74) is 4.67. The Morgan fingerprint density at radius 2 is 1.74 bits per heavy atom. The molecule has 1 aliphatic heterocycles. The summed E-state index contributed by atoms with van der Waals surface area (Å²) in [5, 5.41) is 4.82. The van der Waals surface area contributed by atoms with E-state index < -0.39 is 17.8 Å². The van der Waals surface area contributed by atoms with Gasteiger partial charge in [-0.1, -0.05) is 48.0 Å². The minimum absolute atomic E-state index is 0. The van der Waals surface area contributed by atoms with Gasteiger partial charge in [0.15, 0.2) is 5.78 Å². The SMILES string of the molecule is CCN1C(=O)[C@@H](CC(=O)c2cccc(C)c2)[C@@H](c2ccc(F)nc2)c2c(C)nn(-c3ccccc3)c21.S.S. The van der Waals surface area contributed by atoms with Crippen LogP contribution in [0.3, 0.4) is 0 Å². The number of aromatic nitrogens is 3. The molecule has 0 spiro atoms. The third-order valence-corrected chi connectivity index (χ3v) is 6.81. The molecule has 0 saturated heterocycles. The van der Waals surface area contributed by atoms with Gasteiger partial charge in [-0.05, 0) is 50.6 Å². The molecule has 2 atom stereocenters. The molecule has 3 heterocycles. The van der Waals surface area contributed by atoms with Crippen LogP contribution in [0.4, 0.5) is 10.2 Å². The fourth-order valence-electron chi connectivity index (χ4n) is 5.17. The Labute approximate surface area is 235 Å². The maximum atomic E-state index is 14.0. The molecule has 38 heavy (non-hydrogen) atoms. The zero-order valence-corrected chi connectivity index (χ0v) is 23.5. The predicted molar refractivity (Wildman–Crippen MR) is 157 cm³/mol. The largest absolute Gasteiger partial charge is 0.296 e. The van der Waals surface area contributed by atoms with E-state index in [9.17, 15) is 14.0 Å². The van der Waals surface area contributed by atoms with Crippen LogP contribution in [0.25, 0.3) is 5.69 Å². The Bertz CT molecular complexity index is 1440. The second-order valence-electron chi connectivity index (χ2n) is 9.15. The Hall–Kier alpha value is -3.43. The molecule has 2 aromatic heterocycles. The Kier molecular flexibility index (Phi) is 9.17. The van der Waals surface area contributed by atoms with Crippen LogP contribution in [0.2, 0.25) is 0 Å². The zero-order chi connectivity index (χ0) is 25.4. The molecule has 5 rings (SSSR count). The number of halogens is 1. The maximum absolute atomic E-state index is 14.0. The normalized spacial score (nSPS) is 16.3. The van der Waals surface area contributed by atoms with Gasteiger partial charge in [-0.2, -0.15) is 36.5 Å². The fraction of sp³-hybridized carbons (Fsp3) is 0.241. The quantitative estimate of drug-likeness (QED) is 0.230. The van der Waals surface area contributed by atoms with Gasteiger partial charge in [0.25, 0.3) is 0 Å². The molecule has 1 amide bonds. The summed E-state index contributed by atoms with van der Waals surface area (Å²) in [6, 6.07) is 20.0. The van der Waals surface area contributed by atoms with Crippen LogP contribution >= 0.6 is 27.0 Å². The molecule has 198 valence electrons. The standard InChI is InChI=1S/C29H27FN4O2.2H2S/c1-4-33-28-26(19(3)32-34(28)22-11-6-5-7-12-22)27(21-13-14-25(30)31-17-21)23(29(33)36)16-24(35)20-10-8-9-18(2)15-20;;/h5-15,17,23,27H,4,16H2,1-3H3;2*1H2/t23-,27+;;/m0../s1. The molecule has 4 aromatic rings. The van der Waals surface area contributed by atoms with E-state index >= 15 is 0 Å². The van der Waals surface area contributed by atoms with Crippen molar-refractivity contribution in [3.05, 3.63) is 107 Å². The average molecular weight is 551 g/mol. The highest BCUT2D eigenvalue weighted by molar-refractivity contribution is 7.59. The second kappa shape index (κ2) is 12.0. The number of carbonyl (C=O) groups is 2. The topological polar surface area (TPSA) is 68.1 Å². The van der Waals surface area contributed by atoms with Crippen molar-refractivity contribution in [2.24, 2.45) is 5.92 Å². The summed E-state index contributed by atoms with van der Waals surface area (Å²) in [6.45, 7) is 6.18. The number of hydrogen-bond donors (Lipinski definition) is 0. The van der Waals surface area contributed by atoms with Crippen LogP contribution in [0, 0.1) is 25.7 Å². The van der Waals surface area contributed by atoms with Crippen LogP contribution in [-0.4, -0.2) is 33.0 Å².